The summed E-state index contributed by atoms with van der Waals surface area (Å²) >= 11 is 0. The van der Waals surface area contributed by atoms with Crippen molar-refractivity contribution >= 4 is 5.97 Å². The van der Waals surface area contributed by atoms with Gasteiger partial charge in [0, 0.05) is 25.6 Å². The predicted octanol–water partition coefficient (Wildman–Crippen LogP) is 3.74. The Morgan fingerprint density at radius 3 is 2.74 bits per heavy atom. The molecule has 3 aliphatic rings. The first-order valence-electron chi connectivity index (χ1n) is 9.83. The number of carbonyl (C=O) groups excluding carboxylic acids is 1. The Morgan fingerprint density at radius 2 is 2.00 bits per heavy atom. The molecule has 1 unspecified atom stereocenters. The van der Waals surface area contributed by atoms with Gasteiger partial charge < -0.3 is 18.9 Å². The predicted molar refractivity (Wildman–Crippen MR) is 100 cm³/mol. The maximum atomic E-state index is 12.3. The van der Waals surface area contributed by atoms with Crippen LogP contribution in [-0.4, -0.2) is 45.3 Å². The van der Waals surface area contributed by atoms with E-state index >= 15 is 0 Å². The molecule has 1 aromatic rings. The summed E-state index contributed by atoms with van der Waals surface area (Å²) < 4.78 is 23.5. The number of rotatable bonds is 6. The Morgan fingerprint density at radius 1 is 1.19 bits per heavy atom. The quantitative estimate of drug-likeness (QED) is 0.562. The maximum absolute atomic E-state index is 12.3. The van der Waals surface area contributed by atoms with Crippen LogP contribution in [0.4, 0.5) is 0 Å². The van der Waals surface area contributed by atoms with Crippen molar-refractivity contribution < 1.29 is 23.7 Å². The van der Waals surface area contributed by atoms with E-state index in [-0.39, 0.29) is 29.9 Å². The molecule has 27 heavy (non-hydrogen) atoms. The van der Waals surface area contributed by atoms with Gasteiger partial charge in [0.2, 0.25) is 0 Å². The molecule has 2 fully saturated rings. The van der Waals surface area contributed by atoms with Gasteiger partial charge in [-0.05, 0) is 49.8 Å². The van der Waals surface area contributed by atoms with E-state index < -0.39 is 0 Å². The van der Waals surface area contributed by atoms with Crippen LogP contribution in [0.15, 0.2) is 42.0 Å². The van der Waals surface area contributed by atoms with E-state index in [0.717, 1.165) is 25.7 Å². The number of hydrogen-bond acceptors (Lipinski definition) is 5. The second-order valence-corrected chi connectivity index (χ2v) is 7.75. The Kier molecular flexibility index (Phi) is 5.35. The molecule has 0 spiro atoms. The number of hydrogen-bond donors (Lipinski definition) is 0. The highest BCUT2D eigenvalue weighted by Gasteiger charge is 2.58. The molecule has 1 saturated carbocycles. The summed E-state index contributed by atoms with van der Waals surface area (Å²) in [6.45, 7) is 0.351. The van der Waals surface area contributed by atoms with Gasteiger partial charge in [0.1, 0.15) is 0 Å². The Bertz CT molecular complexity index is 700. The van der Waals surface area contributed by atoms with Crippen molar-refractivity contribution in [2.75, 3.05) is 20.8 Å². The summed E-state index contributed by atoms with van der Waals surface area (Å²) in [6, 6.07) is 9.12. The Balaban J connectivity index is 1.52. The highest BCUT2D eigenvalue weighted by atomic mass is 16.7. The fraction of sp³-hybridized carbons (Fsp3) is 0.591. The van der Waals surface area contributed by atoms with Crippen LogP contribution in [0.5, 0.6) is 0 Å². The standard InChI is InChI=1S/C22H28O5/c1-24-18-11-12-22(13-14-26-20(23)15-7-4-3-5-8-15)17-10-6-9-16(18)19(17)27-21(22)25-2/h3-5,7-8,10,16,18-19,21H,6,9,11-14H2,1-2H3/t16-,18+,19+,21?,22+/m1/s1. The molecule has 1 aromatic carbocycles. The summed E-state index contributed by atoms with van der Waals surface area (Å²) in [7, 11) is 3.50. The zero-order chi connectivity index (χ0) is 18.9. The molecule has 0 amide bonds. The normalized spacial score (nSPS) is 34.7. The van der Waals surface area contributed by atoms with Gasteiger partial charge in [-0.3, -0.25) is 0 Å². The minimum Gasteiger partial charge on any atom is -0.462 e. The van der Waals surface area contributed by atoms with Crippen LogP contribution >= 0.6 is 0 Å². The van der Waals surface area contributed by atoms with E-state index in [4.69, 9.17) is 18.9 Å². The molecular weight excluding hydrogens is 344 g/mol. The average Bonchev–Trinajstić information content (AvgIpc) is 3.00. The molecule has 5 nitrogen and oxygen atoms in total. The lowest BCUT2D eigenvalue weighted by molar-refractivity contribution is -0.187. The number of methoxy groups -OCH3 is 2. The summed E-state index contributed by atoms with van der Waals surface area (Å²) in [5, 5.41) is 0. The lowest BCUT2D eigenvalue weighted by Crippen LogP contribution is -2.37. The van der Waals surface area contributed by atoms with Crippen molar-refractivity contribution in [3.05, 3.63) is 47.5 Å². The SMILES string of the molecule is COC1O[C@@H]2C3=CCC[C@@H]2[C@@H](OC)CC[C@]31CCOC(=O)c1ccccc1. The molecule has 5 heteroatoms. The fourth-order valence-corrected chi connectivity index (χ4v) is 5.19. The van der Waals surface area contributed by atoms with Crippen molar-refractivity contribution in [1.82, 2.24) is 0 Å². The van der Waals surface area contributed by atoms with E-state index in [1.165, 1.54) is 5.57 Å². The molecule has 2 aliphatic carbocycles. The smallest absolute Gasteiger partial charge is 0.338 e. The molecule has 0 radical (unpaired) electrons. The summed E-state index contributed by atoms with van der Waals surface area (Å²) in [4.78, 5) is 12.3. The second kappa shape index (κ2) is 7.74. The van der Waals surface area contributed by atoms with Gasteiger partial charge in [-0.15, -0.1) is 0 Å². The largest absolute Gasteiger partial charge is 0.462 e. The van der Waals surface area contributed by atoms with E-state index in [1.807, 2.05) is 18.2 Å². The van der Waals surface area contributed by atoms with Crippen molar-refractivity contribution in [3.8, 4) is 0 Å². The molecule has 0 N–H and O–H groups in total. The number of ether oxygens (including phenoxy) is 4. The minimum absolute atomic E-state index is 0.0565. The molecule has 1 aliphatic heterocycles. The number of esters is 1. The first kappa shape index (κ1) is 18.7. The van der Waals surface area contributed by atoms with Crippen LogP contribution in [0, 0.1) is 11.3 Å². The number of benzene rings is 1. The average molecular weight is 372 g/mol. The van der Waals surface area contributed by atoms with Crippen LogP contribution < -0.4 is 0 Å². The molecule has 4 bridgehead atoms. The van der Waals surface area contributed by atoms with Gasteiger partial charge in [-0.1, -0.05) is 24.3 Å². The summed E-state index contributed by atoms with van der Waals surface area (Å²) in [6.07, 6.45) is 7.04. The van der Waals surface area contributed by atoms with Crippen molar-refractivity contribution in [3.63, 3.8) is 0 Å². The minimum atomic E-state index is -0.289. The second-order valence-electron chi connectivity index (χ2n) is 7.75. The highest BCUT2D eigenvalue weighted by molar-refractivity contribution is 5.89. The van der Waals surface area contributed by atoms with E-state index in [0.29, 0.717) is 24.5 Å². The number of carbonyl (C=O) groups is 1. The lowest BCUT2D eigenvalue weighted by Gasteiger charge is -2.34. The van der Waals surface area contributed by atoms with Gasteiger partial charge in [-0.2, -0.15) is 0 Å². The Hall–Kier alpha value is -1.69. The highest BCUT2D eigenvalue weighted by Crippen LogP contribution is 2.57. The van der Waals surface area contributed by atoms with Gasteiger partial charge in [0.05, 0.1) is 24.4 Å². The van der Waals surface area contributed by atoms with Crippen LogP contribution in [-0.2, 0) is 18.9 Å². The van der Waals surface area contributed by atoms with Gasteiger partial charge >= 0.3 is 5.97 Å². The third-order valence-electron chi connectivity index (χ3n) is 6.52. The first-order valence-corrected chi connectivity index (χ1v) is 9.83. The zero-order valence-corrected chi connectivity index (χ0v) is 16.1. The van der Waals surface area contributed by atoms with Crippen LogP contribution in [0.3, 0.4) is 0 Å². The molecule has 0 aromatic heterocycles. The topological polar surface area (TPSA) is 54.0 Å². The lowest BCUT2D eigenvalue weighted by atomic mass is 9.72. The van der Waals surface area contributed by atoms with E-state index in [9.17, 15) is 4.79 Å². The Labute approximate surface area is 160 Å². The third kappa shape index (κ3) is 3.22. The van der Waals surface area contributed by atoms with Crippen LogP contribution in [0.2, 0.25) is 0 Å². The first-order chi connectivity index (χ1) is 13.2. The molecule has 4 rings (SSSR count). The third-order valence-corrected chi connectivity index (χ3v) is 6.52. The van der Waals surface area contributed by atoms with Crippen LogP contribution in [0.25, 0.3) is 0 Å². The molecule has 146 valence electrons. The fourth-order valence-electron chi connectivity index (χ4n) is 5.19. The molecule has 5 atom stereocenters. The van der Waals surface area contributed by atoms with E-state index in [1.54, 1.807) is 26.4 Å². The summed E-state index contributed by atoms with van der Waals surface area (Å²) in [5.74, 6) is 0.0965. The monoisotopic (exact) mass is 372 g/mol. The summed E-state index contributed by atoms with van der Waals surface area (Å²) in [5.41, 5.74) is 1.68. The molecular formula is C22H28O5. The van der Waals surface area contributed by atoms with Gasteiger partial charge in [0.15, 0.2) is 6.29 Å². The van der Waals surface area contributed by atoms with Crippen LogP contribution in [0.1, 0.15) is 42.5 Å². The van der Waals surface area contributed by atoms with Gasteiger partial charge in [-0.25, -0.2) is 4.79 Å². The zero-order valence-electron chi connectivity index (χ0n) is 16.1. The molecule has 1 heterocycles. The maximum Gasteiger partial charge on any atom is 0.338 e. The molecule has 1 saturated heterocycles. The van der Waals surface area contributed by atoms with Crippen molar-refractivity contribution in [2.24, 2.45) is 11.3 Å². The van der Waals surface area contributed by atoms with Crippen molar-refractivity contribution in [2.45, 2.75) is 50.6 Å². The number of allylic oxidation sites excluding steroid dienone is 1. The van der Waals surface area contributed by atoms with E-state index in [2.05, 4.69) is 6.08 Å². The van der Waals surface area contributed by atoms with Crippen molar-refractivity contribution in [1.29, 1.82) is 0 Å². The van der Waals surface area contributed by atoms with Gasteiger partial charge in [0.25, 0.3) is 0 Å².